The lowest BCUT2D eigenvalue weighted by Crippen LogP contribution is -2.32. The maximum atomic E-state index is 13.7. The van der Waals surface area contributed by atoms with Gasteiger partial charge in [0.2, 0.25) is 0 Å². The van der Waals surface area contributed by atoms with Gasteiger partial charge in [-0.25, -0.2) is 4.39 Å². The van der Waals surface area contributed by atoms with E-state index in [0.717, 1.165) is 11.6 Å². The Morgan fingerprint density at radius 3 is 2.46 bits per heavy atom. The van der Waals surface area contributed by atoms with E-state index in [0.29, 0.717) is 24.7 Å². The average Bonchev–Trinajstić information content (AvgIpc) is 2.61. The largest absolute Gasteiger partial charge is 0.486 e. The third-order valence-corrected chi connectivity index (χ3v) is 4.74. The van der Waals surface area contributed by atoms with Gasteiger partial charge in [0.15, 0.2) is 11.5 Å². The van der Waals surface area contributed by atoms with Crippen molar-refractivity contribution in [3.8, 4) is 11.5 Å². The summed E-state index contributed by atoms with van der Waals surface area (Å²) in [7, 11) is 0. The molecule has 0 fully saturated rings. The minimum absolute atomic E-state index is 0.0387. The number of nitrogens with one attached hydrogen (secondary N) is 1. The van der Waals surface area contributed by atoms with Crippen molar-refractivity contribution in [2.24, 2.45) is 5.92 Å². The van der Waals surface area contributed by atoms with Crippen LogP contribution in [0.1, 0.15) is 35.8 Å². The molecule has 0 aromatic heterocycles. The molecule has 0 aliphatic carbocycles. The number of carbonyl (C=O) groups is 1. The highest BCUT2D eigenvalue weighted by Gasteiger charge is 2.23. The lowest BCUT2D eigenvalue weighted by molar-refractivity contribution is 0.0925. The van der Waals surface area contributed by atoms with Crippen LogP contribution in [0.15, 0.2) is 30.3 Å². The van der Waals surface area contributed by atoms with Crippen LogP contribution in [0.25, 0.3) is 0 Å². The molecule has 1 aliphatic heterocycles. The van der Waals surface area contributed by atoms with Crippen LogP contribution in [0.2, 0.25) is 10.0 Å². The molecule has 1 amide bonds. The highest BCUT2D eigenvalue weighted by atomic mass is 35.5. The fraction of sp³-hybridized carbons (Fsp3) is 0.316. The fourth-order valence-corrected chi connectivity index (χ4v) is 3.27. The fourth-order valence-electron chi connectivity index (χ4n) is 2.80. The van der Waals surface area contributed by atoms with E-state index in [2.05, 4.69) is 5.32 Å². The molecule has 1 unspecified atom stereocenters. The number of halogens is 3. The Labute approximate surface area is 161 Å². The standard InChI is InChI=1S/C19H18Cl2FNO3/c1-10(2)18(11-3-4-16-17(7-11)26-6-5-25-16)23-19(24)12-8-15(22)14(21)9-13(12)20/h3-4,7-10,18H,5-6H2,1-2H3,(H,23,24). The summed E-state index contributed by atoms with van der Waals surface area (Å²) in [6.45, 7) is 4.95. The number of fused-ring (bicyclic) bond motifs is 1. The van der Waals surface area contributed by atoms with Crippen LogP contribution >= 0.6 is 23.2 Å². The van der Waals surface area contributed by atoms with Gasteiger partial charge in [0.1, 0.15) is 19.0 Å². The molecule has 2 aromatic carbocycles. The van der Waals surface area contributed by atoms with Crippen molar-refractivity contribution in [2.75, 3.05) is 13.2 Å². The zero-order chi connectivity index (χ0) is 18.8. The molecule has 1 heterocycles. The smallest absolute Gasteiger partial charge is 0.253 e. The molecule has 1 atom stereocenters. The number of hydrogen-bond donors (Lipinski definition) is 1. The Bertz CT molecular complexity index is 842. The third kappa shape index (κ3) is 3.89. The molecule has 3 rings (SSSR count). The molecule has 1 aliphatic rings. The number of benzene rings is 2. The molecule has 0 spiro atoms. The van der Waals surface area contributed by atoms with Gasteiger partial charge in [-0.3, -0.25) is 4.79 Å². The van der Waals surface area contributed by atoms with Crippen molar-refractivity contribution in [1.82, 2.24) is 5.32 Å². The van der Waals surface area contributed by atoms with E-state index < -0.39 is 11.7 Å². The molecule has 7 heteroatoms. The van der Waals surface area contributed by atoms with Crippen molar-refractivity contribution in [1.29, 1.82) is 0 Å². The lowest BCUT2D eigenvalue weighted by atomic mass is 9.95. The van der Waals surface area contributed by atoms with E-state index in [1.54, 1.807) is 0 Å². The highest BCUT2D eigenvalue weighted by Crippen LogP contribution is 2.34. The Balaban J connectivity index is 1.87. The van der Waals surface area contributed by atoms with Crippen molar-refractivity contribution >= 4 is 29.1 Å². The monoisotopic (exact) mass is 397 g/mol. The van der Waals surface area contributed by atoms with Crippen LogP contribution in [-0.2, 0) is 0 Å². The topological polar surface area (TPSA) is 47.6 Å². The molecule has 1 N–H and O–H groups in total. The zero-order valence-electron chi connectivity index (χ0n) is 14.3. The van der Waals surface area contributed by atoms with Crippen molar-refractivity contribution < 1.29 is 18.7 Å². The molecular weight excluding hydrogens is 380 g/mol. The lowest BCUT2D eigenvalue weighted by Gasteiger charge is -2.25. The zero-order valence-corrected chi connectivity index (χ0v) is 15.8. The van der Waals surface area contributed by atoms with Crippen LogP contribution in [0.3, 0.4) is 0 Å². The first-order valence-corrected chi connectivity index (χ1v) is 8.97. The van der Waals surface area contributed by atoms with E-state index in [9.17, 15) is 9.18 Å². The predicted molar refractivity (Wildman–Crippen MR) is 98.9 cm³/mol. The number of hydrogen-bond acceptors (Lipinski definition) is 3. The van der Waals surface area contributed by atoms with Crippen molar-refractivity contribution in [3.05, 3.63) is 57.3 Å². The molecule has 26 heavy (non-hydrogen) atoms. The van der Waals surface area contributed by atoms with E-state index in [4.69, 9.17) is 32.7 Å². The normalized spacial score (nSPS) is 14.2. The first kappa shape index (κ1) is 18.8. The summed E-state index contributed by atoms with van der Waals surface area (Å²) >= 11 is 11.7. The maximum Gasteiger partial charge on any atom is 0.253 e. The van der Waals surface area contributed by atoms with Crippen LogP contribution in [0.5, 0.6) is 11.5 Å². The molecule has 4 nitrogen and oxygen atoms in total. The van der Waals surface area contributed by atoms with Gasteiger partial charge in [-0.15, -0.1) is 0 Å². The third-order valence-electron chi connectivity index (χ3n) is 4.13. The Kier molecular flexibility index (Phi) is 5.58. The molecule has 0 radical (unpaired) electrons. The van der Waals surface area contributed by atoms with E-state index in [1.807, 2.05) is 32.0 Å². The van der Waals surface area contributed by atoms with Crippen LogP contribution in [0.4, 0.5) is 4.39 Å². The summed E-state index contributed by atoms with van der Waals surface area (Å²) in [5.41, 5.74) is 0.903. The van der Waals surface area contributed by atoms with Gasteiger partial charge < -0.3 is 14.8 Å². The van der Waals surface area contributed by atoms with Crippen LogP contribution < -0.4 is 14.8 Å². The summed E-state index contributed by atoms with van der Waals surface area (Å²) in [5.74, 6) is 0.235. The first-order chi connectivity index (χ1) is 12.4. The predicted octanol–water partition coefficient (Wildman–Crippen LogP) is 5.03. The maximum absolute atomic E-state index is 13.7. The van der Waals surface area contributed by atoms with Gasteiger partial charge in [-0.1, -0.05) is 43.1 Å². The van der Waals surface area contributed by atoms with E-state index in [1.165, 1.54) is 6.07 Å². The Hall–Kier alpha value is -1.98. The quantitative estimate of drug-likeness (QED) is 0.735. The second kappa shape index (κ2) is 7.72. The van der Waals surface area contributed by atoms with Gasteiger partial charge >= 0.3 is 0 Å². The van der Waals surface area contributed by atoms with Crippen LogP contribution in [0, 0.1) is 11.7 Å². The van der Waals surface area contributed by atoms with Gasteiger partial charge in [-0.2, -0.15) is 0 Å². The van der Waals surface area contributed by atoms with Gasteiger partial charge in [0, 0.05) is 0 Å². The van der Waals surface area contributed by atoms with Gasteiger partial charge in [0.25, 0.3) is 5.91 Å². The Morgan fingerprint density at radius 1 is 1.08 bits per heavy atom. The highest BCUT2D eigenvalue weighted by molar-refractivity contribution is 6.36. The van der Waals surface area contributed by atoms with Gasteiger partial charge in [0.05, 0.1) is 21.7 Å². The molecule has 0 saturated heterocycles. The summed E-state index contributed by atoms with van der Waals surface area (Å²) < 4.78 is 24.9. The van der Waals surface area contributed by atoms with Crippen LogP contribution in [-0.4, -0.2) is 19.1 Å². The minimum atomic E-state index is -0.693. The van der Waals surface area contributed by atoms with E-state index >= 15 is 0 Å². The summed E-state index contributed by atoms with van der Waals surface area (Å²) in [4.78, 5) is 12.6. The average molecular weight is 398 g/mol. The summed E-state index contributed by atoms with van der Waals surface area (Å²) in [6, 6.07) is 7.50. The summed E-state index contributed by atoms with van der Waals surface area (Å²) in [6.07, 6.45) is 0. The van der Waals surface area contributed by atoms with Crippen molar-refractivity contribution in [2.45, 2.75) is 19.9 Å². The number of rotatable bonds is 4. The van der Waals surface area contributed by atoms with E-state index in [-0.39, 0.29) is 27.6 Å². The number of amides is 1. The molecule has 2 aromatic rings. The number of carbonyl (C=O) groups excluding carboxylic acids is 1. The SMILES string of the molecule is CC(C)C(NC(=O)c1cc(F)c(Cl)cc1Cl)c1ccc2c(c1)OCCO2. The second-order valence-corrected chi connectivity index (χ2v) is 7.16. The van der Waals surface area contributed by atoms with Crippen molar-refractivity contribution in [3.63, 3.8) is 0 Å². The molecule has 0 bridgehead atoms. The Morgan fingerprint density at radius 2 is 1.77 bits per heavy atom. The minimum Gasteiger partial charge on any atom is -0.486 e. The molecular formula is C19H18Cl2FNO3. The first-order valence-electron chi connectivity index (χ1n) is 8.21. The van der Waals surface area contributed by atoms with Gasteiger partial charge in [-0.05, 0) is 35.7 Å². The number of ether oxygens (including phenoxy) is 2. The second-order valence-electron chi connectivity index (χ2n) is 6.34. The molecule has 138 valence electrons. The molecule has 0 saturated carbocycles. The summed E-state index contributed by atoms with van der Waals surface area (Å²) in [5, 5.41) is 2.88.